The minimum atomic E-state index is -3.39. The Morgan fingerprint density at radius 2 is 1.75 bits per heavy atom. The second kappa shape index (κ2) is 6.85. The quantitative estimate of drug-likeness (QED) is 0.863. The van der Waals surface area contributed by atoms with Crippen molar-refractivity contribution in [3.8, 4) is 0 Å². The molecule has 0 aliphatic heterocycles. The van der Waals surface area contributed by atoms with Gasteiger partial charge in [0, 0.05) is 26.6 Å². The normalized spacial score (nSPS) is 11.9. The average molecular weight is 298 g/mol. The SMILES string of the molecule is CC(C)NC(=O)CCc1ccc(S(=O)(=O)N(C)C)cc1. The minimum Gasteiger partial charge on any atom is -0.354 e. The first kappa shape index (κ1) is 16.7. The van der Waals surface area contributed by atoms with Crippen LogP contribution in [0.1, 0.15) is 25.8 Å². The van der Waals surface area contributed by atoms with Gasteiger partial charge in [0.1, 0.15) is 0 Å². The summed E-state index contributed by atoms with van der Waals surface area (Å²) < 4.78 is 25.0. The molecule has 0 spiro atoms. The van der Waals surface area contributed by atoms with Gasteiger partial charge in [-0.1, -0.05) is 12.1 Å². The van der Waals surface area contributed by atoms with Gasteiger partial charge in [-0.15, -0.1) is 0 Å². The lowest BCUT2D eigenvalue weighted by Gasteiger charge is -2.12. The Bertz CT molecular complexity index is 548. The Morgan fingerprint density at radius 3 is 2.20 bits per heavy atom. The Morgan fingerprint density at radius 1 is 1.20 bits per heavy atom. The summed E-state index contributed by atoms with van der Waals surface area (Å²) in [5.41, 5.74) is 0.946. The Labute approximate surface area is 121 Å². The van der Waals surface area contributed by atoms with Crippen LogP contribution in [0.3, 0.4) is 0 Å². The molecule has 1 rings (SSSR count). The van der Waals surface area contributed by atoms with Crippen molar-refractivity contribution in [3.63, 3.8) is 0 Å². The third-order valence-corrected chi connectivity index (χ3v) is 4.62. The molecule has 0 aliphatic carbocycles. The molecular formula is C14H22N2O3S. The van der Waals surface area contributed by atoms with E-state index in [1.807, 2.05) is 13.8 Å². The van der Waals surface area contributed by atoms with Crippen molar-refractivity contribution in [2.75, 3.05) is 14.1 Å². The van der Waals surface area contributed by atoms with Crippen LogP contribution < -0.4 is 5.32 Å². The van der Waals surface area contributed by atoms with Gasteiger partial charge in [-0.25, -0.2) is 12.7 Å². The lowest BCUT2D eigenvalue weighted by Crippen LogP contribution is -2.30. The zero-order chi connectivity index (χ0) is 15.3. The number of sulfonamides is 1. The number of carbonyl (C=O) groups excluding carboxylic acids is 1. The van der Waals surface area contributed by atoms with E-state index >= 15 is 0 Å². The van der Waals surface area contributed by atoms with Gasteiger partial charge >= 0.3 is 0 Å². The molecule has 1 aromatic rings. The van der Waals surface area contributed by atoms with Crippen LogP contribution in [0.25, 0.3) is 0 Å². The molecule has 0 bridgehead atoms. The van der Waals surface area contributed by atoms with Crippen molar-refractivity contribution in [3.05, 3.63) is 29.8 Å². The van der Waals surface area contributed by atoms with Crippen molar-refractivity contribution in [2.45, 2.75) is 37.6 Å². The second-order valence-electron chi connectivity index (χ2n) is 5.15. The molecule has 0 atom stereocenters. The molecule has 0 aliphatic rings. The summed E-state index contributed by atoms with van der Waals surface area (Å²) in [6.07, 6.45) is 0.999. The van der Waals surface area contributed by atoms with Gasteiger partial charge in [0.2, 0.25) is 15.9 Å². The molecule has 0 fully saturated rings. The summed E-state index contributed by atoms with van der Waals surface area (Å²) in [5, 5.41) is 2.82. The van der Waals surface area contributed by atoms with E-state index in [0.29, 0.717) is 12.8 Å². The first-order valence-electron chi connectivity index (χ1n) is 6.54. The summed E-state index contributed by atoms with van der Waals surface area (Å²) in [6.45, 7) is 3.83. The monoisotopic (exact) mass is 298 g/mol. The van der Waals surface area contributed by atoms with Gasteiger partial charge in [0.05, 0.1) is 4.90 Å². The van der Waals surface area contributed by atoms with Gasteiger partial charge < -0.3 is 5.32 Å². The van der Waals surface area contributed by atoms with E-state index in [0.717, 1.165) is 5.56 Å². The third kappa shape index (κ3) is 4.61. The van der Waals surface area contributed by atoms with Crippen molar-refractivity contribution in [2.24, 2.45) is 0 Å². The maximum atomic E-state index is 11.9. The number of nitrogens with one attached hydrogen (secondary N) is 1. The summed E-state index contributed by atoms with van der Waals surface area (Å²) in [4.78, 5) is 11.8. The first-order chi connectivity index (χ1) is 9.23. The van der Waals surface area contributed by atoms with Crippen LogP contribution >= 0.6 is 0 Å². The molecule has 1 aromatic carbocycles. The maximum Gasteiger partial charge on any atom is 0.242 e. The standard InChI is InChI=1S/C14H22N2O3S/c1-11(2)15-14(17)10-7-12-5-8-13(9-6-12)20(18,19)16(3)4/h5-6,8-9,11H,7,10H2,1-4H3,(H,15,17). The molecule has 6 heteroatoms. The highest BCUT2D eigenvalue weighted by atomic mass is 32.2. The van der Waals surface area contributed by atoms with Crippen molar-refractivity contribution < 1.29 is 13.2 Å². The smallest absolute Gasteiger partial charge is 0.242 e. The molecular weight excluding hydrogens is 276 g/mol. The predicted octanol–water partition coefficient (Wildman–Crippen LogP) is 1.39. The maximum absolute atomic E-state index is 11.9. The average Bonchev–Trinajstić information content (AvgIpc) is 2.36. The van der Waals surface area contributed by atoms with E-state index in [1.165, 1.54) is 18.4 Å². The third-order valence-electron chi connectivity index (χ3n) is 2.79. The van der Waals surface area contributed by atoms with Crippen molar-refractivity contribution >= 4 is 15.9 Å². The van der Waals surface area contributed by atoms with E-state index in [9.17, 15) is 13.2 Å². The zero-order valence-electron chi connectivity index (χ0n) is 12.4. The van der Waals surface area contributed by atoms with Crippen LogP contribution in [-0.2, 0) is 21.2 Å². The van der Waals surface area contributed by atoms with Gasteiger partial charge in [-0.2, -0.15) is 0 Å². The Kier molecular flexibility index (Phi) is 5.71. The molecule has 0 saturated heterocycles. The molecule has 0 aromatic heterocycles. The molecule has 20 heavy (non-hydrogen) atoms. The highest BCUT2D eigenvalue weighted by molar-refractivity contribution is 7.89. The highest BCUT2D eigenvalue weighted by Crippen LogP contribution is 2.14. The molecule has 1 amide bonds. The van der Waals surface area contributed by atoms with E-state index in [4.69, 9.17) is 0 Å². The number of amides is 1. The number of rotatable bonds is 6. The highest BCUT2D eigenvalue weighted by Gasteiger charge is 2.16. The van der Waals surface area contributed by atoms with E-state index in [-0.39, 0.29) is 16.8 Å². The van der Waals surface area contributed by atoms with E-state index in [1.54, 1.807) is 24.3 Å². The number of nitrogens with zero attached hydrogens (tertiary/aromatic N) is 1. The van der Waals surface area contributed by atoms with Gasteiger partial charge in [0.15, 0.2) is 0 Å². The number of aryl methyl sites for hydroxylation is 1. The molecule has 0 unspecified atom stereocenters. The topological polar surface area (TPSA) is 66.5 Å². The zero-order valence-corrected chi connectivity index (χ0v) is 13.2. The van der Waals surface area contributed by atoms with Gasteiger partial charge in [0.25, 0.3) is 0 Å². The van der Waals surface area contributed by atoms with Crippen LogP contribution in [0, 0.1) is 0 Å². The summed E-state index contributed by atoms with van der Waals surface area (Å²) in [7, 11) is -0.388. The number of carbonyl (C=O) groups is 1. The second-order valence-corrected chi connectivity index (χ2v) is 7.31. The fourth-order valence-corrected chi connectivity index (χ4v) is 2.59. The fraction of sp³-hybridized carbons (Fsp3) is 0.500. The molecule has 0 heterocycles. The van der Waals surface area contributed by atoms with Crippen LogP contribution in [0.15, 0.2) is 29.2 Å². The van der Waals surface area contributed by atoms with Crippen LogP contribution in [0.5, 0.6) is 0 Å². The fourth-order valence-electron chi connectivity index (χ4n) is 1.69. The Balaban J connectivity index is 2.67. The summed E-state index contributed by atoms with van der Waals surface area (Å²) in [5.74, 6) is 0.00462. The van der Waals surface area contributed by atoms with Crippen molar-refractivity contribution in [1.29, 1.82) is 0 Å². The number of hydrogen-bond acceptors (Lipinski definition) is 3. The molecule has 0 radical (unpaired) electrons. The number of benzene rings is 1. The molecule has 112 valence electrons. The molecule has 5 nitrogen and oxygen atoms in total. The Hall–Kier alpha value is -1.40. The number of hydrogen-bond donors (Lipinski definition) is 1. The summed E-state index contributed by atoms with van der Waals surface area (Å²) >= 11 is 0. The van der Waals surface area contributed by atoms with E-state index in [2.05, 4.69) is 5.32 Å². The summed E-state index contributed by atoms with van der Waals surface area (Å²) in [6, 6.07) is 6.78. The molecule has 0 saturated carbocycles. The van der Waals surface area contributed by atoms with Gasteiger partial charge in [-0.05, 0) is 38.0 Å². The minimum absolute atomic E-state index is 0.00462. The van der Waals surface area contributed by atoms with Crippen molar-refractivity contribution in [1.82, 2.24) is 9.62 Å². The first-order valence-corrected chi connectivity index (χ1v) is 7.98. The van der Waals surface area contributed by atoms with Crippen LogP contribution in [0.2, 0.25) is 0 Å². The van der Waals surface area contributed by atoms with Gasteiger partial charge in [-0.3, -0.25) is 4.79 Å². The largest absolute Gasteiger partial charge is 0.354 e. The van der Waals surface area contributed by atoms with Crippen LogP contribution in [-0.4, -0.2) is 38.8 Å². The predicted molar refractivity (Wildman–Crippen MR) is 78.9 cm³/mol. The molecule has 1 N–H and O–H groups in total. The van der Waals surface area contributed by atoms with Crippen LogP contribution in [0.4, 0.5) is 0 Å². The van der Waals surface area contributed by atoms with E-state index < -0.39 is 10.0 Å². The lowest BCUT2D eigenvalue weighted by molar-refractivity contribution is -0.121. The lowest BCUT2D eigenvalue weighted by atomic mass is 10.1.